The number of nitrogens with one attached hydrogen (secondary N) is 1. The first kappa shape index (κ1) is 11.6. The van der Waals surface area contributed by atoms with Crippen LogP contribution < -0.4 is 5.32 Å². The molecule has 1 aliphatic rings. The van der Waals surface area contributed by atoms with Crippen molar-refractivity contribution in [1.29, 1.82) is 0 Å². The van der Waals surface area contributed by atoms with E-state index in [-0.39, 0.29) is 5.41 Å². The van der Waals surface area contributed by atoms with E-state index in [1.165, 1.54) is 18.7 Å². The fourth-order valence-electron chi connectivity index (χ4n) is 2.41. The van der Waals surface area contributed by atoms with Gasteiger partial charge in [-0.15, -0.1) is 0 Å². The van der Waals surface area contributed by atoms with E-state index in [4.69, 9.17) is 0 Å². The standard InChI is InChI=1S/C14H22N2/c1-14(2,13-6-4-3-5-7-13)12-16-10-8-15-9-11-16/h3-7,15H,8-12H2,1-2H3. The SMILES string of the molecule is CC(C)(CN1CCNCC1)c1ccccc1. The highest BCUT2D eigenvalue weighted by Gasteiger charge is 2.24. The summed E-state index contributed by atoms with van der Waals surface area (Å²) in [6, 6.07) is 10.8. The topological polar surface area (TPSA) is 15.3 Å². The average Bonchev–Trinajstić information content (AvgIpc) is 2.31. The van der Waals surface area contributed by atoms with E-state index in [0.29, 0.717) is 0 Å². The number of hydrogen-bond donors (Lipinski definition) is 1. The summed E-state index contributed by atoms with van der Waals surface area (Å²) < 4.78 is 0. The van der Waals surface area contributed by atoms with E-state index < -0.39 is 0 Å². The third kappa shape index (κ3) is 2.83. The van der Waals surface area contributed by atoms with Crippen LogP contribution in [0.2, 0.25) is 0 Å². The van der Waals surface area contributed by atoms with Gasteiger partial charge in [-0.2, -0.15) is 0 Å². The molecule has 2 nitrogen and oxygen atoms in total. The van der Waals surface area contributed by atoms with Crippen molar-refractivity contribution in [2.24, 2.45) is 0 Å². The van der Waals surface area contributed by atoms with Gasteiger partial charge < -0.3 is 5.32 Å². The van der Waals surface area contributed by atoms with E-state index >= 15 is 0 Å². The first-order chi connectivity index (χ1) is 7.68. The maximum Gasteiger partial charge on any atom is 0.0108 e. The molecule has 1 saturated heterocycles. The molecule has 2 rings (SSSR count). The third-order valence-electron chi connectivity index (χ3n) is 3.38. The number of benzene rings is 1. The predicted molar refractivity (Wildman–Crippen MR) is 68.8 cm³/mol. The molecule has 1 aromatic carbocycles. The number of piperazine rings is 1. The highest BCUT2D eigenvalue weighted by atomic mass is 15.2. The van der Waals surface area contributed by atoms with Gasteiger partial charge >= 0.3 is 0 Å². The molecule has 1 fully saturated rings. The lowest BCUT2D eigenvalue weighted by Crippen LogP contribution is -2.47. The summed E-state index contributed by atoms with van der Waals surface area (Å²) in [7, 11) is 0. The van der Waals surface area contributed by atoms with Crippen LogP contribution in [0.3, 0.4) is 0 Å². The summed E-state index contributed by atoms with van der Waals surface area (Å²) in [6.07, 6.45) is 0. The Balaban J connectivity index is 2.01. The second kappa shape index (κ2) is 4.98. The fraction of sp³-hybridized carbons (Fsp3) is 0.571. The molecule has 0 amide bonds. The normalized spacial score (nSPS) is 18.6. The largest absolute Gasteiger partial charge is 0.314 e. The molecule has 0 spiro atoms. The van der Waals surface area contributed by atoms with Crippen LogP contribution in [0.25, 0.3) is 0 Å². The summed E-state index contributed by atoms with van der Waals surface area (Å²) in [5.41, 5.74) is 1.69. The Morgan fingerprint density at radius 3 is 2.38 bits per heavy atom. The molecule has 1 heterocycles. The zero-order valence-electron chi connectivity index (χ0n) is 10.4. The van der Waals surface area contributed by atoms with Crippen molar-refractivity contribution in [3.05, 3.63) is 35.9 Å². The molecule has 0 unspecified atom stereocenters. The van der Waals surface area contributed by atoms with Gasteiger partial charge in [-0.1, -0.05) is 44.2 Å². The molecule has 1 aliphatic heterocycles. The number of hydrogen-bond acceptors (Lipinski definition) is 2. The molecular formula is C14H22N2. The van der Waals surface area contributed by atoms with Crippen LogP contribution in [-0.4, -0.2) is 37.6 Å². The van der Waals surface area contributed by atoms with Gasteiger partial charge in [0.2, 0.25) is 0 Å². The van der Waals surface area contributed by atoms with Gasteiger partial charge in [0.15, 0.2) is 0 Å². The molecule has 1 N–H and O–H groups in total. The number of rotatable bonds is 3. The second-order valence-corrected chi connectivity index (χ2v) is 5.28. The van der Waals surface area contributed by atoms with Crippen LogP contribution in [0, 0.1) is 0 Å². The predicted octanol–water partition coefficient (Wildman–Crippen LogP) is 1.87. The molecule has 88 valence electrons. The van der Waals surface area contributed by atoms with Gasteiger partial charge in [0.05, 0.1) is 0 Å². The summed E-state index contributed by atoms with van der Waals surface area (Å²) >= 11 is 0. The Morgan fingerprint density at radius 1 is 1.12 bits per heavy atom. The van der Waals surface area contributed by atoms with E-state index in [9.17, 15) is 0 Å². The van der Waals surface area contributed by atoms with Crippen LogP contribution in [0.15, 0.2) is 30.3 Å². The zero-order chi connectivity index (χ0) is 11.4. The van der Waals surface area contributed by atoms with Crippen molar-refractivity contribution >= 4 is 0 Å². The van der Waals surface area contributed by atoms with Crippen molar-refractivity contribution in [3.8, 4) is 0 Å². The average molecular weight is 218 g/mol. The molecule has 0 aliphatic carbocycles. The lowest BCUT2D eigenvalue weighted by molar-refractivity contribution is 0.200. The summed E-state index contributed by atoms with van der Waals surface area (Å²) in [5, 5.41) is 3.40. The minimum Gasteiger partial charge on any atom is -0.314 e. The molecule has 0 saturated carbocycles. The minimum atomic E-state index is 0.249. The van der Waals surface area contributed by atoms with Gasteiger partial charge in [0.25, 0.3) is 0 Å². The van der Waals surface area contributed by atoms with E-state index in [1.54, 1.807) is 0 Å². The molecule has 0 radical (unpaired) electrons. The third-order valence-corrected chi connectivity index (χ3v) is 3.38. The minimum absolute atomic E-state index is 0.249. The summed E-state index contributed by atoms with van der Waals surface area (Å²) in [4.78, 5) is 2.56. The highest BCUT2D eigenvalue weighted by molar-refractivity contribution is 5.23. The van der Waals surface area contributed by atoms with Crippen LogP contribution in [-0.2, 0) is 5.41 Å². The summed E-state index contributed by atoms with van der Waals surface area (Å²) in [5.74, 6) is 0. The van der Waals surface area contributed by atoms with Crippen molar-refractivity contribution < 1.29 is 0 Å². The van der Waals surface area contributed by atoms with Crippen LogP contribution >= 0.6 is 0 Å². The Kier molecular flexibility index (Phi) is 3.62. The highest BCUT2D eigenvalue weighted by Crippen LogP contribution is 2.24. The quantitative estimate of drug-likeness (QED) is 0.833. The fourth-order valence-corrected chi connectivity index (χ4v) is 2.41. The molecule has 0 atom stereocenters. The first-order valence-corrected chi connectivity index (χ1v) is 6.17. The lowest BCUT2D eigenvalue weighted by Gasteiger charge is -2.35. The molecule has 0 aromatic heterocycles. The molecule has 2 heteroatoms. The van der Waals surface area contributed by atoms with Gasteiger partial charge in [-0.3, -0.25) is 4.90 Å². The molecule has 16 heavy (non-hydrogen) atoms. The lowest BCUT2D eigenvalue weighted by atomic mass is 9.84. The molecule has 0 bridgehead atoms. The van der Waals surface area contributed by atoms with Crippen LogP contribution in [0.1, 0.15) is 19.4 Å². The van der Waals surface area contributed by atoms with Gasteiger partial charge in [0.1, 0.15) is 0 Å². The maximum atomic E-state index is 3.40. The Morgan fingerprint density at radius 2 is 1.75 bits per heavy atom. The van der Waals surface area contributed by atoms with Gasteiger partial charge in [-0.25, -0.2) is 0 Å². The Hall–Kier alpha value is -0.860. The Labute approximate surface area is 98.7 Å². The summed E-state index contributed by atoms with van der Waals surface area (Å²) in [6.45, 7) is 10.4. The van der Waals surface area contributed by atoms with Crippen molar-refractivity contribution in [3.63, 3.8) is 0 Å². The number of nitrogens with zero attached hydrogens (tertiary/aromatic N) is 1. The maximum absolute atomic E-state index is 3.40. The van der Waals surface area contributed by atoms with Crippen LogP contribution in [0.4, 0.5) is 0 Å². The molecular weight excluding hydrogens is 196 g/mol. The van der Waals surface area contributed by atoms with Crippen molar-refractivity contribution in [1.82, 2.24) is 10.2 Å². The van der Waals surface area contributed by atoms with Crippen molar-refractivity contribution in [2.45, 2.75) is 19.3 Å². The smallest absolute Gasteiger partial charge is 0.0108 e. The Bertz CT molecular complexity index is 313. The second-order valence-electron chi connectivity index (χ2n) is 5.28. The zero-order valence-corrected chi connectivity index (χ0v) is 10.4. The van der Waals surface area contributed by atoms with E-state index in [1.807, 2.05) is 0 Å². The van der Waals surface area contributed by atoms with Crippen LogP contribution in [0.5, 0.6) is 0 Å². The van der Waals surface area contributed by atoms with E-state index in [0.717, 1.165) is 19.6 Å². The molecule has 1 aromatic rings. The van der Waals surface area contributed by atoms with Gasteiger partial charge in [0, 0.05) is 38.1 Å². The monoisotopic (exact) mass is 218 g/mol. The van der Waals surface area contributed by atoms with Crippen molar-refractivity contribution in [2.75, 3.05) is 32.7 Å². The van der Waals surface area contributed by atoms with Gasteiger partial charge in [-0.05, 0) is 5.56 Å². The van der Waals surface area contributed by atoms with E-state index in [2.05, 4.69) is 54.4 Å². The first-order valence-electron chi connectivity index (χ1n) is 6.17.